The molecule has 0 radical (unpaired) electrons. The molecule has 0 aliphatic heterocycles. The van der Waals surface area contributed by atoms with Crippen LogP contribution in [-0.4, -0.2) is 17.9 Å². The Hall–Kier alpha value is -1.90. The van der Waals surface area contributed by atoms with Crippen LogP contribution < -0.4 is 4.74 Å². The van der Waals surface area contributed by atoms with Crippen LogP contribution in [0.15, 0.2) is 24.4 Å². The second kappa shape index (κ2) is 3.93. The summed E-state index contributed by atoms with van der Waals surface area (Å²) in [5, 5.41) is 0.884. The van der Waals surface area contributed by atoms with Crippen molar-refractivity contribution in [3.63, 3.8) is 0 Å². The molecular formula is C13H13NO2. The fourth-order valence-electron chi connectivity index (χ4n) is 1.91. The number of aryl methyl sites for hydroxylation is 1. The fourth-order valence-corrected chi connectivity index (χ4v) is 1.91. The van der Waals surface area contributed by atoms with Crippen molar-refractivity contribution in [2.24, 2.45) is 0 Å². The lowest BCUT2D eigenvalue weighted by Crippen LogP contribution is -2.00. The molecule has 0 fully saturated rings. The number of rotatable bonds is 2. The van der Waals surface area contributed by atoms with E-state index in [1.165, 1.54) is 0 Å². The summed E-state index contributed by atoms with van der Waals surface area (Å²) in [7, 11) is 1.57. The van der Waals surface area contributed by atoms with Crippen LogP contribution >= 0.6 is 0 Å². The molecule has 0 aliphatic rings. The number of benzene rings is 1. The average Bonchev–Trinajstić information content (AvgIpc) is 2.27. The molecule has 0 aliphatic carbocycles. The van der Waals surface area contributed by atoms with Gasteiger partial charge in [-0.15, -0.1) is 0 Å². The lowest BCUT2D eigenvalue weighted by atomic mass is 10.0. The van der Waals surface area contributed by atoms with Gasteiger partial charge in [0.05, 0.1) is 18.2 Å². The van der Waals surface area contributed by atoms with E-state index < -0.39 is 0 Å². The highest BCUT2D eigenvalue weighted by Gasteiger charge is 2.14. The number of fused-ring (bicyclic) bond motifs is 1. The first-order chi connectivity index (χ1) is 7.65. The normalized spacial score (nSPS) is 10.4. The Morgan fingerprint density at radius 3 is 2.69 bits per heavy atom. The van der Waals surface area contributed by atoms with Gasteiger partial charge in [0.25, 0.3) is 0 Å². The third kappa shape index (κ3) is 1.54. The molecule has 0 spiro atoms. The van der Waals surface area contributed by atoms with Gasteiger partial charge in [0.2, 0.25) is 0 Å². The van der Waals surface area contributed by atoms with Crippen molar-refractivity contribution in [2.45, 2.75) is 13.8 Å². The minimum absolute atomic E-state index is 0.00134. The molecule has 1 aromatic carbocycles. The summed E-state index contributed by atoms with van der Waals surface area (Å²) in [5.41, 5.74) is 2.48. The number of nitrogens with zero attached hydrogens (tertiary/aromatic N) is 1. The molecule has 0 atom stereocenters. The van der Waals surface area contributed by atoms with Gasteiger partial charge in [-0.1, -0.05) is 0 Å². The monoisotopic (exact) mass is 215 g/mol. The average molecular weight is 215 g/mol. The maximum absolute atomic E-state index is 11.7. The fraction of sp³-hybridized carbons (Fsp3) is 0.231. The summed E-state index contributed by atoms with van der Waals surface area (Å²) < 4.78 is 5.22. The van der Waals surface area contributed by atoms with Gasteiger partial charge in [0.1, 0.15) is 5.75 Å². The standard InChI is InChI=1S/C13H13NO2/c1-8-6-7-14-10-4-5-11(16-3)13(9(2)15)12(8)10/h4-7H,1-3H3. The van der Waals surface area contributed by atoms with E-state index in [-0.39, 0.29) is 5.78 Å². The highest BCUT2D eigenvalue weighted by molar-refractivity contribution is 6.09. The van der Waals surface area contributed by atoms with Gasteiger partial charge in [-0.2, -0.15) is 0 Å². The zero-order valence-corrected chi connectivity index (χ0v) is 9.57. The molecular weight excluding hydrogens is 202 g/mol. The molecule has 16 heavy (non-hydrogen) atoms. The van der Waals surface area contributed by atoms with Crippen molar-refractivity contribution >= 4 is 16.7 Å². The van der Waals surface area contributed by atoms with E-state index in [1.54, 1.807) is 26.3 Å². The van der Waals surface area contributed by atoms with Crippen molar-refractivity contribution in [1.82, 2.24) is 4.98 Å². The van der Waals surface area contributed by atoms with Crippen LogP contribution in [0.25, 0.3) is 10.9 Å². The second-order valence-electron chi connectivity index (χ2n) is 3.72. The molecule has 2 aromatic rings. The van der Waals surface area contributed by atoms with Gasteiger partial charge in [-0.05, 0) is 37.6 Å². The summed E-state index contributed by atoms with van der Waals surface area (Å²) in [4.78, 5) is 15.9. The van der Waals surface area contributed by atoms with Crippen molar-refractivity contribution < 1.29 is 9.53 Å². The number of ether oxygens (including phenoxy) is 1. The van der Waals surface area contributed by atoms with Crippen LogP contribution in [0, 0.1) is 6.92 Å². The molecule has 2 rings (SSSR count). The maximum Gasteiger partial charge on any atom is 0.164 e. The Balaban J connectivity index is 2.93. The van der Waals surface area contributed by atoms with E-state index in [4.69, 9.17) is 4.74 Å². The molecule has 0 saturated carbocycles. The Bertz CT molecular complexity index is 561. The Labute approximate surface area is 94.1 Å². The third-order valence-electron chi connectivity index (χ3n) is 2.65. The predicted molar refractivity (Wildman–Crippen MR) is 63.0 cm³/mol. The lowest BCUT2D eigenvalue weighted by molar-refractivity contribution is 0.101. The number of hydrogen-bond acceptors (Lipinski definition) is 3. The van der Waals surface area contributed by atoms with E-state index >= 15 is 0 Å². The number of aromatic nitrogens is 1. The molecule has 0 unspecified atom stereocenters. The van der Waals surface area contributed by atoms with Crippen molar-refractivity contribution in [3.8, 4) is 5.75 Å². The summed E-state index contributed by atoms with van der Waals surface area (Å²) in [5.74, 6) is 0.606. The van der Waals surface area contributed by atoms with Gasteiger partial charge in [-0.3, -0.25) is 9.78 Å². The van der Waals surface area contributed by atoms with Gasteiger partial charge in [-0.25, -0.2) is 0 Å². The summed E-state index contributed by atoms with van der Waals surface area (Å²) in [6.07, 6.45) is 1.74. The summed E-state index contributed by atoms with van der Waals surface area (Å²) in [6, 6.07) is 5.55. The van der Waals surface area contributed by atoms with Crippen LogP contribution in [0.4, 0.5) is 0 Å². The molecule has 0 amide bonds. The van der Waals surface area contributed by atoms with Crippen LogP contribution in [0.3, 0.4) is 0 Å². The van der Waals surface area contributed by atoms with E-state index in [0.29, 0.717) is 11.3 Å². The van der Waals surface area contributed by atoms with Gasteiger partial charge in [0.15, 0.2) is 5.78 Å². The molecule has 1 heterocycles. The van der Waals surface area contributed by atoms with Crippen LogP contribution in [-0.2, 0) is 0 Å². The van der Waals surface area contributed by atoms with Gasteiger partial charge in [0, 0.05) is 11.6 Å². The number of carbonyl (C=O) groups excluding carboxylic acids is 1. The van der Waals surface area contributed by atoms with E-state index in [0.717, 1.165) is 16.5 Å². The maximum atomic E-state index is 11.7. The zero-order valence-electron chi connectivity index (χ0n) is 9.57. The lowest BCUT2D eigenvalue weighted by Gasteiger charge is -2.10. The molecule has 3 heteroatoms. The Morgan fingerprint density at radius 2 is 2.06 bits per heavy atom. The van der Waals surface area contributed by atoms with E-state index in [9.17, 15) is 4.79 Å². The molecule has 82 valence electrons. The predicted octanol–water partition coefficient (Wildman–Crippen LogP) is 2.75. The quantitative estimate of drug-likeness (QED) is 0.723. The molecule has 3 nitrogen and oxygen atoms in total. The first kappa shape index (κ1) is 10.6. The molecule has 1 aromatic heterocycles. The first-order valence-electron chi connectivity index (χ1n) is 5.08. The smallest absolute Gasteiger partial charge is 0.164 e. The second-order valence-corrected chi connectivity index (χ2v) is 3.72. The third-order valence-corrected chi connectivity index (χ3v) is 2.65. The topological polar surface area (TPSA) is 39.2 Å². The van der Waals surface area contributed by atoms with Crippen LogP contribution in [0.2, 0.25) is 0 Å². The number of Topliss-reactive ketones (excluding diaryl/α,β-unsaturated/α-hetero) is 1. The van der Waals surface area contributed by atoms with Crippen LogP contribution in [0.1, 0.15) is 22.8 Å². The zero-order chi connectivity index (χ0) is 11.7. The van der Waals surface area contributed by atoms with E-state index in [1.807, 2.05) is 19.1 Å². The van der Waals surface area contributed by atoms with Crippen molar-refractivity contribution in [2.75, 3.05) is 7.11 Å². The highest BCUT2D eigenvalue weighted by atomic mass is 16.5. The number of methoxy groups -OCH3 is 1. The highest BCUT2D eigenvalue weighted by Crippen LogP contribution is 2.29. The first-order valence-corrected chi connectivity index (χ1v) is 5.08. The molecule has 0 saturated heterocycles. The minimum atomic E-state index is -0.00134. The number of carbonyl (C=O) groups is 1. The molecule has 0 bridgehead atoms. The number of ketones is 1. The number of hydrogen-bond donors (Lipinski definition) is 0. The minimum Gasteiger partial charge on any atom is -0.496 e. The van der Waals surface area contributed by atoms with Gasteiger partial charge < -0.3 is 4.74 Å². The van der Waals surface area contributed by atoms with Gasteiger partial charge >= 0.3 is 0 Å². The summed E-state index contributed by atoms with van der Waals surface area (Å²) >= 11 is 0. The Kier molecular flexibility index (Phi) is 2.60. The molecule has 0 N–H and O–H groups in total. The van der Waals surface area contributed by atoms with Crippen LogP contribution in [0.5, 0.6) is 5.75 Å². The Morgan fingerprint density at radius 1 is 1.31 bits per heavy atom. The summed E-state index contributed by atoms with van der Waals surface area (Å²) in [6.45, 7) is 3.51. The van der Waals surface area contributed by atoms with E-state index in [2.05, 4.69) is 4.98 Å². The number of pyridine rings is 1. The van der Waals surface area contributed by atoms with Crippen molar-refractivity contribution in [3.05, 3.63) is 35.5 Å². The largest absolute Gasteiger partial charge is 0.496 e. The van der Waals surface area contributed by atoms with Crippen molar-refractivity contribution in [1.29, 1.82) is 0 Å². The SMILES string of the molecule is COc1ccc2nccc(C)c2c1C(C)=O.